The van der Waals surface area contributed by atoms with Gasteiger partial charge in [0.2, 0.25) is 0 Å². The lowest BCUT2D eigenvalue weighted by Gasteiger charge is -2.52. The molecule has 34 heavy (non-hydrogen) atoms. The number of pyridine rings is 1. The first-order valence-electron chi connectivity index (χ1n) is 10.5. The largest absolute Gasteiger partial charge is 0.490 e. The van der Waals surface area contributed by atoms with Crippen LogP contribution in [0, 0.1) is 20.8 Å². The lowest BCUT2D eigenvalue weighted by Crippen LogP contribution is -2.67. The van der Waals surface area contributed by atoms with Crippen LogP contribution in [0.25, 0.3) is 0 Å². The standard InChI is InChI=1S/C20H24N4O3.C2HF3O2/c1-13-4-6-21-19(23-13)27-17-5-7-26-20(10-17)11-24(12-20)18(25)16-8-14(2)22-15(3)9-16;3-2(4,5)1(6)7/h4,6,8-9,17H,5,7,10-12H2,1-3H3;(H,6,7). The molecular weight excluding hydrogens is 457 g/mol. The van der Waals surface area contributed by atoms with E-state index in [0.717, 1.165) is 29.9 Å². The number of likely N-dealkylation sites (tertiary alicyclic amines) is 1. The number of carboxylic acids is 1. The van der Waals surface area contributed by atoms with Crippen LogP contribution in [0.5, 0.6) is 6.01 Å². The molecule has 2 aromatic heterocycles. The highest BCUT2D eigenvalue weighted by Crippen LogP contribution is 2.36. The highest BCUT2D eigenvalue weighted by molar-refractivity contribution is 5.95. The number of aryl methyl sites for hydroxylation is 3. The molecule has 0 bridgehead atoms. The topological polar surface area (TPSA) is 115 Å². The zero-order chi connectivity index (χ0) is 25.1. The summed E-state index contributed by atoms with van der Waals surface area (Å²) in [5.74, 6) is -2.73. The van der Waals surface area contributed by atoms with Gasteiger partial charge in [-0.1, -0.05) is 0 Å². The Morgan fingerprint density at radius 1 is 1.15 bits per heavy atom. The maximum Gasteiger partial charge on any atom is 0.490 e. The summed E-state index contributed by atoms with van der Waals surface area (Å²) in [6, 6.07) is 5.93. The monoisotopic (exact) mass is 482 g/mol. The Morgan fingerprint density at radius 3 is 2.32 bits per heavy atom. The van der Waals surface area contributed by atoms with Gasteiger partial charge < -0.3 is 19.5 Å². The molecule has 2 aliphatic rings. The molecule has 2 aliphatic heterocycles. The van der Waals surface area contributed by atoms with Crippen molar-refractivity contribution in [3.05, 3.63) is 47.0 Å². The predicted octanol–water partition coefficient (Wildman–Crippen LogP) is 2.88. The van der Waals surface area contributed by atoms with Gasteiger partial charge in [-0.25, -0.2) is 14.8 Å². The number of hydrogen-bond donors (Lipinski definition) is 1. The molecule has 9 nitrogen and oxygen atoms in total. The Morgan fingerprint density at radius 2 is 1.76 bits per heavy atom. The number of halogens is 3. The Balaban J connectivity index is 0.000000406. The third-order valence-electron chi connectivity index (χ3n) is 5.31. The average Bonchev–Trinajstić information content (AvgIpc) is 2.70. The Kier molecular flexibility index (Phi) is 7.39. The minimum Gasteiger partial charge on any atom is -0.475 e. The summed E-state index contributed by atoms with van der Waals surface area (Å²) in [4.78, 5) is 36.3. The Labute approximate surface area is 193 Å². The molecule has 2 fully saturated rings. The van der Waals surface area contributed by atoms with E-state index in [2.05, 4.69) is 15.0 Å². The molecule has 0 saturated carbocycles. The summed E-state index contributed by atoms with van der Waals surface area (Å²) >= 11 is 0. The molecular formula is C22H25F3N4O5. The van der Waals surface area contributed by atoms with E-state index < -0.39 is 12.1 Å². The van der Waals surface area contributed by atoms with Gasteiger partial charge in [-0.05, 0) is 39.0 Å². The summed E-state index contributed by atoms with van der Waals surface area (Å²) in [6.45, 7) is 7.51. The van der Waals surface area contributed by atoms with Gasteiger partial charge in [0.15, 0.2) is 0 Å². The number of aliphatic carboxylic acids is 1. The molecule has 4 rings (SSSR count). The molecule has 2 saturated heterocycles. The molecule has 0 aromatic carbocycles. The van der Waals surface area contributed by atoms with Crippen molar-refractivity contribution in [3.8, 4) is 6.01 Å². The lowest BCUT2D eigenvalue weighted by molar-refractivity contribution is -0.192. The number of carbonyl (C=O) groups is 2. The third kappa shape index (κ3) is 6.40. The zero-order valence-corrected chi connectivity index (χ0v) is 18.9. The van der Waals surface area contributed by atoms with Crippen LogP contribution in [0.2, 0.25) is 0 Å². The smallest absolute Gasteiger partial charge is 0.475 e. The number of carboxylic acid groups (broad SMARTS) is 1. The van der Waals surface area contributed by atoms with Crippen LogP contribution < -0.4 is 4.74 Å². The quantitative estimate of drug-likeness (QED) is 0.710. The van der Waals surface area contributed by atoms with E-state index in [9.17, 15) is 18.0 Å². The number of carbonyl (C=O) groups excluding carboxylic acids is 1. The van der Waals surface area contributed by atoms with E-state index in [1.807, 2.05) is 43.9 Å². The molecule has 4 heterocycles. The van der Waals surface area contributed by atoms with Gasteiger partial charge in [-0.2, -0.15) is 13.2 Å². The van der Waals surface area contributed by atoms with Crippen molar-refractivity contribution in [2.24, 2.45) is 0 Å². The maximum atomic E-state index is 12.8. The maximum absolute atomic E-state index is 12.8. The normalized spacial score (nSPS) is 19.0. The summed E-state index contributed by atoms with van der Waals surface area (Å²) in [5.41, 5.74) is 2.96. The fourth-order valence-electron chi connectivity index (χ4n) is 3.87. The van der Waals surface area contributed by atoms with E-state index >= 15 is 0 Å². The number of nitrogens with zero attached hydrogens (tertiary/aromatic N) is 4. The molecule has 2 aromatic rings. The van der Waals surface area contributed by atoms with Gasteiger partial charge in [-0.15, -0.1) is 0 Å². The highest BCUT2D eigenvalue weighted by Gasteiger charge is 2.50. The van der Waals surface area contributed by atoms with Gasteiger partial charge in [0.25, 0.3) is 5.91 Å². The van der Waals surface area contributed by atoms with Gasteiger partial charge in [-0.3, -0.25) is 9.78 Å². The van der Waals surface area contributed by atoms with Crippen molar-refractivity contribution < 1.29 is 37.3 Å². The summed E-state index contributed by atoms with van der Waals surface area (Å²) < 4.78 is 43.7. The molecule has 1 unspecified atom stereocenters. The summed E-state index contributed by atoms with van der Waals surface area (Å²) in [7, 11) is 0. The van der Waals surface area contributed by atoms with Crippen molar-refractivity contribution in [3.63, 3.8) is 0 Å². The van der Waals surface area contributed by atoms with Gasteiger partial charge in [0.1, 0.15) is 11.7 Å². The zero-order valence-electron chi connectivity index (χ0n) is 18.9. The van der Waals surface area contributed by atoms with Crippen LogP contribution >= 0.6 is 0 Å². The predicted molar refractivity (Wildman–Crippen MR) is 112 cm³/mol. The highest BCUT2D eigenvalue weighted by atomic mass is 19.4. The number of rotatable bonds is 3. The van der Waals surface area contributed by atoms with Crippen molar-refractivity contribution in [2.75, 3.05) is 19.7 Å². The second-order valence-electron chi connectivity index (χ2n) is 8.35. The molecule has 12 heteroatoms. The van der Waals surface area contributed by atoms with Crippen LogP contribution in [-0.4, -0.2) is 74.4 Å². The van der Waals surface area contributed by atoms with Crippen LogP contribution in [0.4, 0.5) is 13.2 Å². The first kappa shape index (κ1) is 25.3. The molecule has 1 atom stereocenters. The van der Waals surface area contributed by atoms with Gasteiger partial charge in [0, 0.05) is 41.7 Å². The molecule has 1 N–H and O–H groups in total. The molecule has 1 spiro atoms. The second kappa shape index (κ2) is 9.92. The fraction of sp³-hybridized carbons (Fsp3) is 0.500. The number of ether oxygens (including phenoxy) is 2. The van der Waals surface area contributed by atoms with Crippen LogP contribution in [0.3, 0.4) is 0 Å². The Bertz CT molecular complexity index is 1040. The first-order valence-corrected chi connectivity index (χ1v) is 10.5. The number of alkyl halides is 3. The average molecular weight is 482 g/mol. The minimum atomic E-state index is -5.08. The summed E-state index contributed by atoms with van der Waals surface area (Å²) in [6.07, 6.45) is -1.84. The van der Waals surface area contributed by atoms with Crippen LogP contribution in [0.1, 0.15) is 40.3 Å². The minimum absolute atomic E-state index is 0.00298. The third-order valence-corrected chi connectivity index (χ3v) is 5.31. The van der Waals surface area contributed by atoms with Crippen molar-refractivity contribution in [1.82, 2.24) is 19.9 Å². The number of amides is 1. The Hall–Kier alpha value is -3.28. The van der Waals surface area contributed by atoms with Gasteiger partial charge in [0.05, 0.1) is 19.7 Å². The molecule has 0 radical (unpaired) electrons. The number of aromatic nitrogens is 3. The van der Waals surface area contributed by atoms with Crippen molar-refractivity contribution >= 4 is 11.9 Å². The molecule has 184 valence electrons. The fourth-order valence-corrected chi connectivity index (χ4v) is 3.87. The van der Waals surface area contributed by atoms with E-state index in [0.29, 0.717) is 31.3 Å². The molecule has 1 amide bonds. The summed E-state index contributed by atoms with van der Waals surface area (Å²) in [5, 5.41) is 7.12. The van der Waals surface area contributed by atoms with E-state index in [-0.39, 0.29) is 17.6 Å². The molecule has 0 aliphatic carbocycles. The van der Waals surface area contributed by atoms with Crippen molar-refractivity contribution in [1.29, 1.82) is 0 Å². The number of hydrogen-bond acceptors (Lipinski definition) is 7. The lowest BCUT2D eigenvalue weighted by atomic mass is 9.84. The van der Waals surface area contributed by atoms with Crippen LogP contribution in [-0.2, 0) is 9.53 Å². The van der Waals surface area contributed by atoms with E-state index in [1.165, 1.54) is 0 Å². The van der Waals surface area contributed by atoms with Crippen molar-refractivity contribution in [2.45, 2.75) is 51.5 Å². The SMILES string of the molecule is Cc1cc(C(=O)N2CC3(CC(Oc4nccc(C)n4)CCO3)C2)cc(C)n1.O=C(O)C(F)(F)F. The second-order valence-corrected chi connectivity index (χ2v) is 8.35. The van der Waals surface area contributed by atoms with Gasteiger partial charge >= 0.3 is 18.2 Å². The van der Waals surface area contributed by atoms with E-state index in [4.69, 9.17) is 19.4 Å². The first-order chi connectivity index (χ1) is 15.9. The van der Waals surface area contributed by atoms with E-state index in [1.54, 1.807) is 6.20 Å². The van der Waals surface area contributed by atoms with Crippen LogP contribution in [0.15, 0.2) is 24.4 Å².